The van der Waals surface area contributed by atoms with Crippen molar-refractivity contribution in [2.75, 3.05) is 45.5 Å². The number of alkyl halides is 3. The van der Waals surface area contributed by atoms with Crippen molar-refractivity contribution in [3.63, 3.8) is 0 Å². The second kappa shape index (κ2) is 24.9. The lowest BCUT2D eigenvalue weighted by molar-refractivity contribution is -0.127. The molecule has 20 heteroatoms. The maximum atomic E-state index is 13.5. The van der Waals surface area contributed by atoms with E-state index in [0.29, 0.717) is 36.0 Å². The van der Waals surface area contributed by atoms with Crippen LogP contribution in [0.15, 0.2) is 124 Å². The van der Waals surface area contributed by atoms with Crippen molar-refractivity contribution in [3.05, 3.63) is 135 Å². The van der Waals surface area contributed by atoms with Crippen LogP contribution in [-0.2, 0) is 32.0 Å². The van der Waals surface area contributed by atoms with Crippen molar-refractivity contribution in [2.45, 2.75) is 38.8 Å². The smallest absolute Gasteiger partial charge is 0.258 e. The Kier molecular flexibility index (Phi) is 19.1. The molecule has 0 saturated carbocycles. The summed E-state index contributed by atoms with van der Waals surface area (Å²) in [5, 5.41) is 27.0. The molecule has 4 amide bonds. The van der Waals surface area contributed by atoms with Gasteiger partial charge in [0.2, 0.25) is 12.1 Å². The maximum absolute atomic E-state index is 13.5. The predicted octanol–water partition coefficient (Wildman–Crippen LogP) is 11.0. The van der Waals surface area contributed by atoms with Gasteiger partial charge in [-0.25, -0.2) is 0 Å². The number of ketones is 2. The number of nitrogens with zero attached hydrogens (tertiary/aromatic N) is 4. The minimum atomic E-state index is -1.66. The number of carbonyl (C=O) groups is 6. The summed E-state index contributed by atoms with van der Waals surface area (Å²) in [4.78, 5) is 78.3. The molecule has 0 radical (unpaired) electrons. The number of anilines is 4. The summed E-state index contributed by atoms with van der Waals surface area (Å²) >= 11 is 30.2. The lowest BCUT2D eigenvalue weighted by atomic mass is 10.1. The second-order valence-electron chi connectivity index (χ2n) is 14.2. The van der Waals surface area contributed by atoms with Crippen molar-refractivity contribution in [3.8, 4) is 5.75 Å². The monoisotopic (exact) mass is 992 g/mol. The molecule has 4 N–H and O–H groups in total. The number of carbonyl (C=O) groups excluding carboxylic acids is 6. The third-order valence-corrected chi connectivity index (χ3v) is 10.4. The average Bonchev–Trinajstić information content (AvgIpc) is 3.28. The summed E-state index contributed by atoms with van der Waals surface area (Å²) in [5.74, 6) is -3.01. The summed E-state index contributed by atoms with van der Waals surface area (Å²) in [6.45, 7) is 2.27. The molecule has 0 heterocycles. The minimum Gasteiger partial charge on any atom is -0.490 e. The van der Waals surface area contributed by atoms with Crippen molar-refractivity contribution in [2.24, 2.45) is 20.5 Å². The number of Topliss-reactive ketones (excluding diaryl/α,β-unsaturated/α-hetero) is 2. The molecular weight excluding hydrogens is 954 g/mol. The Morgan fingerprint density at radius 2 is 0.970 bits per heavy atom. The molecule has 5 aromatic carbocycles. The first-order chi connectivity index (χ1) is 31.7. The van der Waals surface area contributed by atoms with Gasteiger partial charge in [-0.05, 0) is 111 Å². The number of hydrogen-bond acceptors (Lipinski definition) is 11. The van der Waals surface area contributed by atoms with E-state index in [4.69, 9.17) is 62.7 Å². The van der Waals surface area contributed by atoms with Gasteiger partial charge in [-0.2, -0.15) is 20.5 Å². The number of benzene rings is 5. The third-order valence-electron chi connectivity index (χ3n) is 9.28. The van der Waals surface area contributed by atoms with Crippen LogP contribution in [0.5, 0.6) is 5.75 Å². The molecule has 0 spiro atoms. The van der Waals surface area contributed by atoms with Crippen LogP contribution >= 0.6 is 58.0 Å². The Morgan fingerprint density at radius 1 is 0.530 bits per heavy atom. The number of rotatable bonds is 21. The summed E-state index contributed by atoms with van der Waals surface area (Å²) < 4.78 is 5.74. The Bertz CT molecular complexity index is 2650. The normalized spacial score (nSPS) is 12.0. The number of ether oxygens (including phenoxy) is 1. The van der Waals surface area contributed by atoms with Crippen molar-refractivity contribution in [1.82, 2.24) is 0 Å². The van der Waals surface area contributed by atoms with Crippen molar-refractivity contribution >= 4 is 127 Å². The van der Waals surface area contributed by atoms with E-state index in [1.165, 1.54) is 54.6 Å². The first kappa shape index (κ1) is 50.8. The molecule has 0 aromatic heterocycles. The quantitative estimate of drug-likeness (QED) is 0.0317. The molecule has 0 saturated heterocycles. The fourth-order valence-corrected chi connectivity index (χ4v) is 6.68. The van der Waals surface area contributed by atoms with Crippen LogP contribution in [0.1, 0.15) is 45.7 Å². The van der Waals surface area contributed by atoms with E-state index in [0.717, 1.165) is 25.0 Å². The summed E-state index contributed by atoms with van der Waals surface area (Å²) in [5.41, 5.74) is 3.75. The van der Waals surface area contributed by atoms with E-state index in [9.17, 15) is 28.8 Å². The molecular formula is C46H41Cl5N8O7. The Morgan fingerprint density at radius 3 is 1.39 bits per heavy atom. The van der Waals surface area contributed by atoms with E-state index in [-0.39, 0.29) is 62.2 Å². The highest BCUT2D eigenvalue weighted by Gasteiger charge is 2.27. The van der Waals surface area contributed by atoms with E-state index in [1.807, 2.05) is 24.3 Å². The fourth-order valence-electron chi connectivity index (χ4n) is 5.85. The van der Waals surface area contributed by atoms with Crippen LogP contribution in [-0.4, -0.2) is 71.5 Å². The number of halogens is 5. The molecule has 5 aromatic rings. The number of hydrogen-bond donors (Lipinski definition) is 4. The zero-order valence-electron chi connectivity index (χ0n) is 35.2. The standard InChI is InChI=1S/C46H41Cl5N8O7/c1-26(60)41(58-56-38-23-30(7-14-35(38)50)43(62)52-32-9-3-28(4-10-32)17-19-47)45(64)54-34-13-16-37(40(25-34)66-22-21-49)55-46(65)42(27(2)61)59-57-39-24-31(8-15-36(39)51)44(63)53-33-11-5-29(6-12-33)18-20-48/h3-16,23-25,41-42H,17-22H2,1-2H3,(H,52,62)(H,53,63)(H,54,64)(H,55,65). The van der Waals surface area contributed by atoms with E-state index >= 15 is 0 Å². The zero-order valence-corrected chi connectivity index (χ0v) is 39.0. The lowest BCUT2D eigenvalue weighted by Crippen LogP contribution is -2.32. The molecule has 0 bridgehead atoms. The molecule has 2 atom stereocenters. The molecule has 5 rings (SSSR count). The zero-order chi connectivity index (χ0) is 47.8. The van der Waals surface area contributed by atoms with Crippen LogP contribution in [0.2, 0.25) is 10.0 Å². The Balaban J connectivity index is 1.27. The highest BCUT2D eigenvalue weighted by atomic mass is 35.5. The molecule has 2 unspecified atom stereocenters. The van der Waals surface area contributed by atoms with E-state index in [2.05, 4.69) is 41.7 Å². The first-order valence-corrected chi connectivity index (χ1v) is 22.3. The molecule has 0 aliphatic rings. The van der Waals surface area contributed by atoms with Gasteiger partial charge in [0.1, 0.15) is 23.7 Å². The topological polar surface area (TPSA) is 209 Å². The molecule has 342 valence electrons. The fraction of sp³-hybridized carbons (Fsp3) is 0.217. The van der Waals surface area contributed by atoms with Gasteiger partial charge in [-0.1, -0.05) is 47.5 Å². The van der Waals surface area contributed by atoms with E-state index < -0.39 is 47.3 Å². The van der Waals surface area contributed by atoms with Crippen molar-refractivity contribution in [1.29, 1.82) is 0 Å². The first-order valence-electron chi connectivity index (χ1n) is 20.0. The Hall–Kier alpha value is -6.23. The van der Waals surface area contributed by atoms with E-state index in [1.54, 1.807) is 24.3 Å². The van der Waals surface area contributed by atoms with Crippen LogP contribution in [0.3, 0.4) is 0 Å². The summed E-state index contributed by atoms with van der Waals surface area (Å²) in [6.07, 6.45) is 1.37. The lowest BCUT2D eigenvalue weighted by Gasteiger charge is -2.16. The second-order valence-corrected chi connectivity index (χ2v) is 16.1. The van der Waals surface area contributed by atoms with Gasteiger partial charge in [-0.15, -0.1) is 34.8 Å². The van der Waals surface area contributed by atoms with Crippen LogP contribution in [0.4, 0.5) is 34.1 Å². The molecule has 15 nitrogen and oxygen atoms in total. The van der Waals surface area contributed by atoms with Gasteiger partial charge < -0.3 is 26.0 Å². The van der Waals surface area contributed by atoms with Crippen LogP contribution in [0, 0.1) is 0 Å². The van der Waals surface area contributed by atoms with Crippen molar-refractivity contribution < 1.29 is 33.5 Å². The highest BCUT2D eigenvalue weighted by Crippen LogP contribution is 2.31. The largest absolute Gasteiger partial charge is 0.490 e. The molecule has 0 fully saturated rings. The van der Waals surface area contributed by atoms with Gasteiger partial charge in [-0.3, -0.25) is 28.8 Å². The van der Waals surface area contributed by atoms with Crippen LogP contribution < -0.4 is 26.0 Å². The highest BCUT2D eigenvalue weighted by molar-refractivity contribution is 6.33. The van der Waals surface area contributed by atoms with Gasteiger partial charge in [0.15, 0.2) is 11.6 Å². The number of aryl methyl sites for hydroxylation is 2. The van der Waals surface area contributed by atoms with Crippen LogP contribution in [0.25, 0.3) is 0 Å². The maximum Gasteiger partial charge on any atom is 0.258 e. The molecule has 66 heavy (non-hydrogen) atoms. The molecule has 0 aliphatic heterocycles. The number of amides is 4. The number of azo groups is 2. The van der Waals surface area contributed by atoms with Gasteiger partial charge in [0.05, 0.1) is 21.6 Å². The summed E-state index contributed by atoms with van der Waals surface area (Å²) in [7, 11) is 0. The SMILES string of the molecule is CC(=O)C(N=Nc1cc(C(=O)Nc2ccc(CCCl)cc2)ccc1Cl)C(=O)Nc1ccc(NC(=O)C(N=Nc2cc(C(=O)Nc3ccc(CCCl)cc3)ccc2Cl)C(C)=O)c(OCCCl)c1. The predicted molar refractivity (Wildman–Crippen MR) is 258 cm³/mol. The van der Waals surface area contributed by atoms with Gasteiger partial charge in [0, 0.05) is 46.0 Å². The minimum absolute atomic E-state index is 0.0240. The average molecular weight is 995 g/mol. The third kappa shape index (κ3) is 14.6. The summed E-state index contributed by atoms with van der Waals surface area (Å²) in [6, 6.07) is 23.8. The molecule has 0 aliphatic carbocycles. The Labute approximate surface area is 404 Å². The van der Waals surface area contributed by atoms with Gasteiger partial charge in [0.25, 0.3) is 23.6 Å². The van der Waals surface area contributed by atoms with Gasteiger partial charge >= 0.3 is 0 Å². The number of nitrogens with one attached hydrogen (secondary N) is 4.